The first-order chi connectivity index (χ1) is 7.72. The van der Waals surface area contributed by atoms with E-state index in [1.807, 2.05) is 44.3 Å². The fraction of sp³-hybridized carbons (Fsp3) is 0.167. The molecule has 0 aliphatic rings. The van der Waals surface area contributed by atoms with Crippen LogP contribution in [0.25, 0.3) is 11.3 Å². The molecule has 1 aromatic carbocycles. The Bertz CT molecular complexity index is 494. The van der Waals surface area contributed by atoms with Crippen molar-refractivity contribution >= 4 is 17.4 Å². The zero-order chi connectivity index (χ0) is 11.5. The summed E-state index contributed by atoms with van der Waals surface area (Å²) in [6.07, 6.45) is 0. The maximum Gasteiger partial charge on any atom is 0.148 e. The first kappa shape index (κ1) is 10.9. The van der Waals surface area contributed by atoms with Crippen LogP contribution in [0.1, 0.15) is 5.56 Å². The number of hydrogen-bond donors (Lipinski definition) is 1. The normalized spacial score (nSPS) is 10.2. The molecule has 2 aromatic rings. The van der Waals surface area contributed by atoms with Gasteiger partial charge in [0.25, 0.3) is 0 Å². The summed E-state index contributed by atoms with van der Waals surface area (Å²) in [6, 6.07) is 9.60. The van der Waals surface area contributed by atoms with Crippen molar-refractivity contribution in [2.75, 3.05) is 12.4 Å². The summed E-state index contributed by atoms with van der Waals surface area (Å²) >= 11 is 6.06. The molecule has 16 heavy (non-hydrogen) atoms. The Kier molecular flexibility index (Phi) is 3.06. The van der Waals surface area contributed by atoms with Crippen molar-refractivity contribution in [3.05, 3.63) is 40.9 Å². The lowest BCUT2D eigenvalue weighted by atomic mass is 10.1. The van der Waals surface area contributed by atoms with Crippen molar-refractivity contribution in [3.63, 3.8) is 0 Å². The van der Waals surface area contributed by atoms with Gasteiger partial charge in [-0.2, -0.15) is 0 Å². The minimum atomic E-state index is 0.747. The number of rotatable bonds is 2. The highest BCUT2D eigenvalue weighted by molar-refractivity contribution is 6.31. The van der Waals surface area contributed by atoms with Crippen LogP contribution in [0.15, 0.2) is 30.3 Å². The van der Waals surface area contributed by atoms with E-state index in [9.17, 15) is 0 Å². The molecule has 82 valence electrons. The van der Waals surface area contributed by atoms with Crippen LogP contribution < -0.4 is 5.32 Å². The fourth-order valence-corrected chi connectivity index (χ4v) is 1.67. The Labute approximate surface area is 99.5 Å². The van der Waals surface area contributed by atoms with Gasteiger partial charge < -0.3 is 5.32 Å². The molecule has 0 spiro atoms. The molecule has 0 amide bonds. The topological polar surface area (TPSA) is 37.8 Å². The van der Waals surface area contributed by atoms with Gasteiger partial charge in [-0.15, -0.1) is 10.2 Å². The van der Waals surface area contributed by atoms with Crippen LogP contribution in [0, 0.1) is 6.92 Å². The minimum absolute atomic E-state index is 0.747. The predicted octanol–water partition coefficient (Wildman–Crippen LogP) is 3.15. The third kappa shape index (κ3) is 1.99. The molecule has 1 heterocycles. The second kappa shape index (κ2) is 4.49. The maximum absolute atomic E-state index is 6.06. The molecular formula is C12H12ClN3. The lowest BCUT2D eigenvalue weighted by Crippen LogP contribution is -1.96. The summed E-state index contributed by atoms with van der Waals surface area (Å²) in [5, 5.41) is 11.9. The van der Waals surface area contributed by atoms with Gasteiger partial charge >= 0.3 is 0 Å². The zero-order valence-electron chi connectivity index (χ0n) is 9.16. The van der Waals surface area contributed by atoms with Crippen molar-refractivity contribution in [3.8, 4) is 11.3 Å². The third-order valence-electron chi connectivity index (χ3n) is 2.46. The van der Waals surface area contributed by atoms with Crippen LogP contribution >= 0.6 is 11.6 Å². The van der Waals surface area contributed by atoms with Crippen molar-refractivity contribution in [2.24, 2.45) is 0 Å². The summed E-state index contributed by atoms with van der Waals surface area (Å²) in [5.41, 5.74) is 2.87. The molecule has 3 nitrogen and oxygen atoms in total. The number of hydrogen-bond acceptors (Lipinski definition) is 3. The molecule has 4 heteroatoms. The standard InChI is InChI=1S/C12H12ClN3/c1-8-9(4-3-5-10(8)13)11-6-7-12(14-2)16-15-11/h3-7H,1-2H3,(H,14,16). The molecule has 2 rings (SSSR count). The predicted molar refractivity (Wildman–Crippen MR) is 66.8 cm³/mol. The van der Waals surface area contributed by atoms with Crippen molar-refractivity contribution < 1.29 is 0 Å². The van der Waals surface area contributed by atoms with E-state index in [0.717, 1.165) is 27.7 Å². The lowest BCUT2D eigenvalue weighted by Gasteiger charge is -2.06. The molecule has 0 aliphatic carbocycles. The largest absolute Gasteiger partial charge is 0.372 e. The zero-order valence-corrected chi connectivity index (χ0v) is 9.92. The Morgan fingerprint density at radius 3 is 2.56 bits per heavy atom. The van der Waals surface area contributed by atoms with Crippen molar-refractivity contribution in [1.29, 1.82) is 0 Å². The first-order valence-corrected chi connectivity index (χ1v) is 5.37. The van der Waals surface area contributed by atoms with Gasteiger partial charge in [-0.05, 0) is 30.7 Å². The van der Waals surface area contributed by atoms with Gasteiger partial charge in [-0.25, -0.2) is 0 Å². The second-order valence-electron chi connectivity index (χ2n) is 3.47. The van der Waals surface area contributed by atoms with Crippen molar-refractivity contribution in [2.45, 2.75) is 6.92 Å². The molecule has 0 saturated heterocycles. The van der Waals surface area contributed by atoms with Gasteiger partial charge in [0.2, 0.25) is 0 Å². The molecular weight excluding hydrogens is 222 g/mol. The number of nitrogens with one attached hydrogen (secondary N) is 1. The van der Waals surface area contributed by atoms with E-state index in [4.69, 9.17) is 11.6 Å². The average molecular weight is 234 g/mol. The number of aromatic nitrogens is 2. The third-order valence-corrected chi connectivity index (χ3v) is 2.87. The van der Waals surface area contributed by atoms with Gasteiger partial charge in [-0.1, -0.05) is 23.7 Å². The lowest BCUT2D eigenvalue weighted by molar-refractivity contribution is 1.04. The summed E-state index contributed by atoms with van der Waals surface area (Å²) < 4.78 is 0. The molecule has 0 unspecified atom stereocenters. The quantitative estimate of drug-likeness (QED) is 0.866. The summed E-state index contributed by atoms with van der Waals surface area (Å²) in [6.45, 7) is 1.98. The fourth-order valence-electron chi connectivity index (χ4n) is 1.49. The van der Waals surface area contributed by atoms with Crippen LogP contribution in [0.3, 0.4) is 0 Å². The summed E-state index contributed by atoms with van der Waals surface area (Å²) in [5.74, 6) is 0.753. The monoisotopic (exact) mass is 233 g/mol. The van der Waals surface area contributed by atoms with Crippen LogP contribution in [0.2, 0.25) is 5.02 Å². The first-order valence-electron chi connectivity index (χ1n) is 4.99. The number of benzene rings is 1. The van der Waals surface area contributed by atoms with Gasteiger partial charge in [-0.3, -0.25) is 0 Å². The molecule has 0 atom stereocenters. The van der Waals surface area contributed by atoms with E-state index < -0.39 is 0 Å². The van der Waals surface area contributed by atoms with Gasteiger partial charge in [0.05, 0.1) is 5.69 Å². The van der Waals surface area contributed by atoms with Crippen LogP contribution in [-0.4, -0.2) is 17.2 Å². The average Bonchev–Trinajstić information content (AvgIpc) is 2.33. The van der Waals surface area contributed by atoms with Gasteiger partial charge in [0, 0.05) is 17.6 Å². The molecule has 0 fully saturated rings. The van der Waals surface area contributed by atoms with Crippen LogP contribution in [0.4, 0.5) is 5.82 Å². The van der Waals surface area contributed by atoms with Crippen LogP contribution in [-0.2, 0) is 0 Å². The van der Waals surface area contributed by atoms with Crippen molar-refractivity contribution in [1.82, 2.24) is 10.2 Å². The van der Waals surface area contributed by atoms with E-state index in [-0.39, 0.29) is 0 Å². The number of halogens is 1. The smallest absolute Gasteiger partial charge is 0.148 e. The Morgan fingerprint density at radius 1 is 1.12 bits per heavy atom. The summed E-state index contributed by atoms with van der Waals surface area (Å²) in [4.78, 5) is 0. The number of anilines is 1. The highest BCUT2D eigenvalue weighted by Gasteiger charge is 2.06. The van der Waals surface area contributed by atoms with E-state index in [1.54, 1.807) is 0 Å². The van der Waals surface area contributed by atoms with Gasteiger partial charge in [0.1, 0.15) is 5.82 Å². The highest BCUT2D eigenvalue weighted by atomic mass is 35.5. The van der Waals surface area contributed by atoms with E-state index >= 15 is 0 Å². The molecule has 0 aliphatic heterocycles. The minimum Gasteiger partial charge on any atom is -0.372 e. The van der Waals surface area contributed by atoms with Gasteiger partial charge in [0.15, 0.2) is 0 Å². The summed E-state index contributed by atoms with van der Waals surface area (Å²) in [7, 11) is 1.81. The maximum atomic E-state index is 6.06. The molecule has 1 N–H and O–H groups in total. The van der Waals surface area contributed by atoms with Crippen LogP contribution in [0.5, 0.6) is 0 Å². The second-order valence-corrected chi connectivity index (χ2v) is 3.87. The van der Waals surface area contributed by atoms with E-state index in [2.05, 4.69) is 15.5 Å². The SMILES string of the molecule is CNc1ccc(-c2cccc(Cl)c2C)nn1. The number of nitrogens with zero attached hydrogens (tertiary/aromatic N) is 2. The Morgan fingerprint density at radius 2 is 1.94 bits per heavy atom. The molecule has 0 bridgehead atoms. The van der Waals surface area contributed by atoms with E-state index in [0.29, 0.717) is 0 Å². The highest BCUT2D eigenvalue weighted by Crippen LogP contribution is 2.26. The molecule has 0 radical (unpaired) electrons. The Balaban J connectivity index is 2.46. The molecule has 0 saturated carbocycles. The van der Waals surface area contributed by atoms with E-state index in [1.165, 1.54) is 0 Å². The Hall–Kier alpha value is -1.61. The molecule has 1 aromatic heterocycles.